The molecule has 0 saturated heterocycles. The maximum absolute atomic E-state index is 8.90. The molecule has 0 aromatic heterocycles. The van der Waals surface area contributed by atoms with Crippen LogP contribution in [0.5, 0.6) is 5.75 Å². The van der Waals surface area contributed by atoms with Crippen LogP contribution in [0.25, 0.3) is 0 Å². The summed E-state index contributed by atoms with van der Waals surface area (Å²) >= 11 is 5.84. The molecule has 0 atom stereocenters. The van der Waals surface area contributed by atoms with E-state index in [2.05, 4.69) is 0 Å². The van der Waals surface area contributed by atoms with E-state index in [1.54, 1.807) is 13.0 Å². The van der Waals surface area contributed by atoms with Crippen molar-refractivity contribution in [3.8, 4) is 5.75 Å². The first-order valence-electron chi connectivity index (χ1n) is 3.76. The van der Waals surface area contributed by atoms with E-state index in [0.29, 0.717) is 16.2 Å². The van der Waals surface area contributed by atoms with Crippen molar-refractivity contribution in [1.82, 2.24) is 0 Å². The van der Waals surface area contributed by atoms with Crippen LogP contribution in [0.3, 0.4) is 0 Å². The number of methoxy groups -OCH3 is 1. The second-order valence-electron chi connectivity index (χ2n) is 2.70. The van der Waals surface area contributed by atoms with Gasteiger partial charge in [0.1, 0.15) is 5.75 Å². The van der Waals surface area contributed by atoms with Crippen molar-refractivity contribution in [3.05, 3.63) is 22.7 Å². The highest BCUT2D eigenvalue weighted by Crippen LogP contribution is 2.23. The molecular weight excluding hydrogens is 190 g/mol. The van der Waals surface area contributed by atoms with Crippen LogP contribution < -0.4 is 10.2 Å². The quantitative estimate of drug-likeness (QED) is 0.677. The number of halogens is 1. The number of rotatable bonds is 2. The van der Waals surface area contributed by atoms with Gasteiger partial charge < -0.3 is 14.8 Å². The molecule has 0 aliphatic carbocycles. The van der Waals surface area contributed by atoms with Crippen LogP contribution in [-0.4, -0.2) is 24.3 Å². The molecule has 0 spiro atoms. The molecule has 0 unspecified atom stereocenters. The van der Waals surface area contributed by atoms with Crippen LogP contribution in [-0.2, 0) is 0 Å². The van der Waals surface area contributed by atoms with Gasteiger partial charge in [0.05, 0.1) is 7.11 Å². The first-order chi connectivity index (χ1) is 6.06. The van der Waals surface area contributed by atoms with Crippen molar-refractivity contribution in [2.24, 2.45) is 0 Å². The summed E-state index contributed by atoms with van der Waals surface area (Å²) in [6.45, 7) is 1.80. The molecular formula is C8H10BClO3. The Morgan fingerprint density at radius 3 is 2.46 bits per heavy atom. The van der Waals surface area contributed by atoms with Gasteiger partial charge in [-0.3, -0.25) is 0 Å². The maximum atomic E-state index is 8.90. The molecule has 13 heavy (non-hydrogen) atoms. The van der Waals surface area contributed by atoms with Crippen LogP contribution in [0.2, 0.25) is 5.02 Å². The lowest BCUT2D eigenvalue weighted by Gasteiger charge is -2.08. The van der Waals surface area contributed by atoms with Gasteiger partial charge in [-0.2, -0.15) is 0 Å². The summed E-state index contributed by atoms with van der Waals surface area (Å²) in [6.07, 6.45) is 0. The van der Waals surface area contributed by atoms with Crippen LogP contribution in [0, 0.1) is 6.92 Å². The van der Waals surface area contributed by atoms with E-state index in [9.17, 15) is 0 Å². The van der Waals surface area contributed by atoms with Gasteiger partial charge in [-0.25, -0.2) is 0 Å². The third-order valence-corrected chi connectivity index (χ3v) is 2.23. The van der Waals surface area contributed by atoms with E-state index in [0.717, 1.165) is 5.56 Å². The van der Waals surface area contributed by atoms with Crippen molar-refractivity contribution >= 4 is 24.2 Å². The minimum atomic E-state index is -1.52. The number of benzene rings is 1. The lowest BCUT2D eigenvalue weighted by atomic mass is 9.80. The van der Waals surface area contributed by atoms with Gasteiger partial charge in [0, 0.05) is 10.6 Å². The SMILES string of the molecule is COc1cc(B(O)O)cc(Cl)c1C. The molecule has 0 heterocycles. The maximum Gasteiger partial charge on any atom is 0.488 e. The lowest BCUT2D eigenvalue weighted by Crippen LogP contribution is -2.29. The zero-order valence-corrected chi connectivity index (χ0v) is 8.17. The van der Waals surface area contributed by atoms with Crippen molar-refractivity contribution < 1.29 is 14.8 Å². The van der Waals surface area contributed by atoms with Gasteiger partial charge in [0.25, 0.3) is 0 Å². The first kappa shape index (κ1) is 10.4. The van der Waals surface area contributed by atoms with E-state index in [1.165, 1.54) is 13.2 Å². The fourth-order valence-corrected chi connectivity index (χ4v) is 1.25. The van der Waals surface area contributed by atoms with E-state index >= 15 is 0 Å². The van der Waals surface area contributed by atoms with E-state index < -0.39 is 7.12 Å². The summed E-state index contributed by atoms with van der Waals surface area (Å²) in [5, 5.41) is 18.3. The molecule has 2 N–H and O–H groups in total. The molecule has 1 rings (SSSR count). The second kappa shape index (κ2) is 4.00. The van der Waals surface area contributed by atoms with Gasteiger partial charge in [0.15, 0.2) is 0 Å². The average molecular weight is 200 g/mol. The van der Waals surface area contributed by atoms with E-state index in [1.807, 2.05) is 0 Å². The monoisotopic (exact) mass is 200 g/mol. The Labute approximate surface area is 82.1 Å². The Morgan fingerprint density at radius 1 is 1.38 bits per heavy atom. The number of ether oxygens (including phenoxy) is 1. The van der Waals surface area contributed by atoms with E-state index in [4.69, 9.17) is 26.4 Å². The molecule has 3 nitrogen and oxygen atoms in total. The van der Waals surface area contributed by atoms with Crippen molar-refractivity contribution in [1.29, 1.82) is 0 Å². The van der Waals surface area contributed by atoms with Crippen LogP contribution in [0.1, 0.15) is 5.56 Å². The molecule has 0 aliphatic rings. The van der Waals surface area contributed by atoms with Gasteiger partial charge in [-0.15, -0.1) is 0 Å². The Hall–Kier alpha value is -0.705. The molecule has 0 radical (unpaired) electrons. The fraction of sp³-hybridized carbons (Fsp3) is 0.250. The second-order valence-corrected chi connectivity index (χ2v) is 3.11. The third kappa shape index (κ3) is 2.15. The molecule has 0 saturated carbocycles. The zero-order chi connectivity index (χ0) is 10.0. The highest BCUT2D eigenvalue weighted by atomic mass is 35.5. The highest BCUT2D eigenvalue weighted by Gasteiger charge is 2.15. The summed E-state index contributed by atoms with van der Waals surface area (Å²) in [7, 11) is -0.0151. The standard InChI is InChI=1S/C8H10BClO3/c1-5-7(10)3-6(9(11)12)4-8(5)13-2/h3-4,11-12H,1-2H3. The van der Waals surface area contributed by atoms with Crippen molar-refractivity contribution in [2.45, 2.75) is 6.92 Å². The fourth-order valence-electron chi connectivity index (χ4n) is 1.03. The summed E-state index contributed by atoms with van der Waals surface area (Å²) < 4.78 is 5.01. The Bertz CT molecular complexity index is 315. The van der Waals surface area contributed by atoms with Gasteiger partial charge in [-0.05, 0) is 24.5 Å². The van der Waals surface area contributed by atoms with Gasteiger partial charge >= 0.3 is 7.12 Å². The largest absolute Gasteiger partial charge is 0.496 e. The van der Waals surface area contributed by atoms with Crippen LogP contribution in [0.15, 0.2) is 12.1 Å². The Morgan fingerprint density at radius 2 is 2.00 bits per heavy atom. The molecule has 0 bridgehead atoms. The van der Waals surface area contributed by atoms with Crippen molar-refractivity contribution in [2.75, 3.05) is 7.11 Å². The van der Waals surface area contributed by atoms with Gasteiger partial charge in [0.2, 0.25) is 0 Å². The number of hydrogen-bond acceptors (Lipinski definition) is 3. The van der Waals surface area contributed by atoms with Crippen LogP contribution in [0.4, 0.5) is 0 Å². The minimum Gasteiger partial charge on any atom is -0.496 e. The molecule has 1 aromatic carbocycles. The minimum absolute atomic E-state index is 0.326. The smallest absolute Gasteiger partial charge is 0.488 e. The predicted molar refractivity (Wildman–Crippen MR) is 52.6 cm³/mol. The Kier molecular flexibility index (Phi) is 3.19. The summed E-state index contributed by atoms with van der Waals surface area (Å²) in [5.41, 5.74) is 1.11. The predicted octanol–water partition coefficient (Wildman–Crippen LogP) is 0.337. The van der Waals surface area contributed by atoms with Crippen LogP contribution >= 0.6 is 11.6 Å². The normalized spacial score (nSPS) is 9.92. The molecule has 0 fully saturated rings. The molecule has 5 heteroatoms. The van der Waals surface area contributed by atoms with Crippen molar-refractivity contribution in [3.63, 3.8) is 0 Å². The van der Waals surface area contributed by atoms with Gasteiger partial charge in [-0.1, -0.05) is 11.6 Å². The zero-order valence-electron chi connectivity index (χ0n) is 7.41. The summed E-state index contributed by atoms with van der Waals surface area (Å²) in [5.74, 6) is 0.551. The summed E-state index contributed by atoms with van der Waals surface area (Å²) in [6, 6.07) is 3.05. The topological polar surface area (TPSA) is 49.7 Å². The Balaban J connectivity index is 3.22. The molecule has 70 valence electrons. The van der Waals surface area contributed by atoms with E-state index in [-0.39, 0.29) is 0 Å². The average Bonchev–Trinajstić information content (AvgIpc) is 2.09. The molecule has 0 aliphatic heterocycles. The third-order valence-electron chi connectivity index (χ3n) is 1.84. The molecule has 0 amide bonds. The first-order valence-corrected chi connectivity index (χ1v) is 4.14. The highest BCUT2D eigenvalue weighted by molar-refractivity contribution is 6.59. The number of hydrogen-bond donors (Lipinski definition) is 2. The summed E-state index contributed by atoms with van der Waals surface area (Å²) in [4.78, 5) is 0. The molecule has 1 aromatic rings. The lowest BCUT2D eigenvalue weighted by molar-refractivity contribution is 0.409.